The van der Waals surface area contributed by atoms with Gasteiger partial charge in [-0.2, -0.15) is 43.9 Å². The molecule has 0 amide bonds. The summed E-state index contributed by atoms with van der Waals surface area (Å²) in [5.74, 6) is -6.77. The summed E-state index contributed by atoms with van der Waals surface area (Å²) in [6.07, 6.45) is -16.2. The molecule has 1 unspecified atom stereocenters. The van der Waals surface area contributed by atoms with Gasteiger partial charge in [-0.3, -0.25) is 4.70 Å². The van der Waals surface area contributed by atoms with Crippen molar-refractivity contribution in [3.63, 3.8) is 0 Å². The van der Waals surface area contributed by atoms with E-state index in [2.05, 4.69) is 9.47 Å². The highest BCUT2D eigenvalue weighted by atomic mass is 19.4. The molecule has 1 atom stereocenters. The van der Waals surface area contributed by atoms with E-state index in [0.717, 1.165) is 0 Å². The van der Waals surface area contributed by atoms with Crippen molar-refractivity contribution in [2.24, 2.45) is 0 Å². The molecule has 0 aromatic carbocycles. The first kappa shape index (κ1) is 22.0. The molecule has 1 rings (SSSR count). The van der Waals surface area contributed by atoms with Gasteiger partial charge in [-0.15, -0.1) is 4.90 Å². The van der Waals surface area contributed by atoms with E-state index in [-0.39, 0.29) is 11.8 Å². The number of hydrogen-bond donors (Lipinski definition) is 0. The molecule has 0 spiro atoms. The molecule has 1 aliphatic rings. The monoisotopic (exact) mass is 377 g/mol. The lowest BCUT2D eigenvalue weighted by molar-refractivity contribution is -0.488. The minimum Gasteiger partial charge on any atom is -0.319 e. The summed E-state index contributed by atoms with van der Waals surface area (Å²) in [6, 6.07) is -12.2. The molecule has 0 saturated carbocycles. The molecule has 0 aromatic rings. The van der Waals surface area contributed by atoms with E-state index in [0.29, 0.717) is 0 Å². The molecule has 0 bridgehead atoms. The summed E-state index contributed by atoms with van der Waals surface area (Å²) in [4.78, 5) is -2.66. The molecule has 0 aromatic heterocycles. The number of methoxy groups -OCH3 is 1. The Balaban J connectivity index is 0.00000484. The maximum absolute atomic E-state index is 13.4. The van der Waals surface area contributed by atoms with E-state index >= 15 is 0 Å². The first-order valence-electron chi connectivity index (χ1n) is 5.06. The smallest absolute Gasteiger partial charge is 0.319 e. The Bertz CT molecular complexity index is 427. The number of morpholine rings is 1. The quantitative estimate of drug-likeness (QED) is 0.554. The van der Waals surface area contributed by atoms with Crippen molar-refractivity contribution in [2.75, 3.05) is 13.7 Å². The zero-order valence-corrected chi connectivity index (χ0v) is 10.6. The fraction of sp³-hybridized carbons (Fsp3) is 1.00. The van der Waals surface area contributed by atoms with Gasteiger partial charge in [0.25, 0.3) is 6.30 Å². The zero-order chi connectivity index (χ0) is 17.8. The van der Waals surface area contributed by atoms with Crippen molar-refractivity contribution in [1.82, 2.24) is 4.90 Å². The van der Waals surface area contributed by atoms with Gasteiger partial charge >= 0.3 is 30.2 Å². The summed E-state index contributed by atoms with van der Waals surface area (Å²) < 4.78 is 149. The first-order chi connectivity index (χ1) is 9.54. The lowest BCUT2D eigenvalue weighted by Gasteiger charge is -2.46. The molecule has 23 heavy (non-hydrogen) atoms. The minimum absolute atomic E-state index is 0. The molecule has 0 N–H and O–H groups in total. The Morgan fingerprint density at radius 3 is 1.87 bits per heavy atom. The summed E-state index contributed by atoms with van der Waals surface area (Å²) in [5.41, 5.74) is 0. The molecule has 1 aliphatic heterocycles. The number of hydrogen-bond acceptors (Lipinski definition) is 3. The molecule has 0 radical (unpaired) electrons. The minimum atomic E-state index is -6.77. The van der Waals surface area contributed by atoms with E-state index in [9.17, 15) is 48.3 Å². The van der Waals surface area contributed by atoms with Crippen molar-refractivity contribution >= 4 is 0 Å². The molecule has 1 fully saturated rings. The van der Waals surface area contributed by atoms with Gasteiger partial charge in [0, 0.05) is 7.11 Å². The van der Waals surface area contributed by atoms with Crippen LogP contribution in [0, 0.1) is 0 Å². The Kier molecular flexibility index (Phi) is 5.60. The van der Waals surface area contributed by atoms with E-state index in [4.69, 9.17) is 0 Å². The van der Waals surface area contributed by atoms with E-state index in [1.165, 1.54) is 0 Å². The SMILES string of the molecule is COC(F)(F)C(F)(F)C(F)(F)N1C(F)C(F)(F)OCC1(F)F.F. The molecular weight excluding hydrogens is 370 g/mol. The highest BCUT2D eigenvalue weighted by Crippen LogP contribution is 2.53. The number of ether oxygens (including phenoxy) is 2. The predicted octanol–water partition coefficient (Wildman–Crippen LogP) is 3.42. The largest absolute Gasteiger partial charge is 0.427 e. The van der Waals surface area contributed by atoms with Gasteiger partial charge in [-0.05, 0) is 0 Å². The highest BCUT2D eigenvalue weighted by Gasteiger charge is 2.81. The Labute approximate surface area is 119 Å². The van der Waals surface area contributed by atoms with Crippen LogP contribution in [-0.2, 0) is 9.47 Å². The van der Waals surface area contributed by atoms with Gasteiger partial charge in [0.15, 0.2) is 0 Å². The lowest BCUT2D eigenvalue weighted by Crippen LogP contribution is -2.73. The second-order valence-corrected chi connectivity index (χ2v) is 4.06. The van der Waals surface area contributed by atoms with Gasteiger partial charge in [0.05, 0.1) is 0 Å². The van der Waals surface area contributed by atoms with Crippen molar-refractivity contribution < 1.29 is 62.5 Å². The van der Waals surface area contributed by atoms with Gasteiger partial charge in [-0.25, -0.2) is 4.39 Å². The topological polar surface area (TPSA) is 21.7 Å². The Morgan fingerprint density at radius 1 is 1.04 bits per heavy atom. The van der Waals surface area contributed by atoms with Crippen LogP contribution < -0.4 is 0 Å². The van der Waals surface area contributed by atoms with Crippen molar-refractivity contribution in [1.29, 1.82) is 0 Å². The van der Waals surface area contributed by atoms with Crippen LogP contribution in [0.2, 0.25) is 0 Å². The molecule has 140 valence electrons. The van der Waals surface area contributed by atoms with Gasteiger partial charge < -0.3 is 9.47 Å². The lowest BCUT2D eigenvalue weighted by atomic mass is 10.2. The normalized spacial score (nSPS) is 25.8. The summed E-state index contributed by atoms with van der Waals surface area (Å²) in [6.45, 7) is -2.63. The summed E-state index contributed by atoms with van der Waals surface area (Å²) in [5, 5.41) is 0. The van der Waals surface area contributed by atoms with Crippen LogP contribution in [0.4, 0.5) is 53.0 Å². The second kappa shape index (κ2) is 5.84. The van der Waals surface area contributed by atoms with Crippen LogP contribution in [0.3, 0.4) is 0 Å². The average molecular weight is 377 g/mol. The van der Waals surface area contributed by atoms with Crippen molar-refractivity contribution in [3.05, 3.63) is 0 Å². The van der Waals surface area contributed by atoms with Gasteiger partial charge in [0.2, 0.25) is 0 Å². The number of halogens is 12. The number of alkyl halides is 11. The molecule has 1 saturated heterocycles. The number of nitrogens with zero attached hydrogens (tertiary/aromatic N) is 1. The Morgan fingerprint density at radius 2 is 1.48 bits per heavy atom. The summed E-state index contributed by atoms with van der Waals surface area (Å²) in [7, 11) is -0.178. The van der Waals surface area contributed by atoms with Gasteiger partial charge in [0.1, 0.15) is 6.61 Å². The zero-order valence-electron chi connectivity index (χ0n) is 10.6. The van der Waals surface area contributed by atoms with Crippen molar-refractivity contribution in [3.8, 4) is 0 Å². The van der Waals surface area contributed by atoms with Crippen LogP contribution in [0.5, 0.6) is 0 Å². The molecule has 0 aliphatic carbocycles. The van der Waals surface area contributed by atoms with Crippen LogP contribution in [0.25, 0.3) is 0 Å². The standard InChI is InChI=1S/C8H6F11NO2.FH/c1-21-8(18,19)6(14,15)7(16,17)20-3(9)5(12,13)22-2-4(20,10)11;/h3H,2H2,1H3;1H. The molecular formula is C8H7F12NO2. The maximum Gasteiger partial charge on any atom is 0.427 e. The maximum atomic E-state index is 13.4. The van der Waals surface area contributed by atoms with Crippen LogP contribution in [-0.4, -0.2) is 55.1 Å². The average Bonchev–Trinajstić information content (AvgIpc) is 2.34. The highest BCUT2D eigenvalue weighted by molar-refractivity contribution is 4.98. The third-order valence-electron chi connectivity index (χ3n) is 2.60. The molecule has 3 nitrogen and oxygen atoms in total. The molecule has 15 heteroatoms. The van der Waals surface area contributed by atoms with Crippen LogP contribution in [0.1, 0.15) is 0 Å². The third-order valence-corrected chi connectivity index (χ3v) is 2.60. The van der Waals surface area contributed by atoms with E-state index < -0.39 is 48.0 Å². The second-order valence-electron chi connectivity index (χ2n) is 4.06. The fourth-order valence-electron chi connectivity index (χ4n) is 1.44. The predicted molar refractivity (Wildman–Crippen MR) is 46.9 cm³/mol. The van der Waals surface area contributed by atoms with Crippen LogP contribution >= 0.6 is 0 Å². The van der Waals surface area contributed by atoms with E-state index in [1.54, 1.807) is 0 Å². The summed E-state index contributed by atoms with van der Waals surface area (Å²) >= 11 is 0. The Hall–Kier alpha value is -0.960. The van der Waals surface area contributed by atoms with Gasteiger partial charge in [-0.1, -0.05) is 0 Å². The van der Waals surface area contributed by atoms with Crippen molar-refractivity contribution in [2.45, 2.75) is 36.5 Å². The van der Waals surface area contributed by atoms with Crippen LogP contribution in [0.15, 0.2) is 0 Å². The third kappa shape index (κ3) is 3.17. The number of rotatable bonds is 4. The molecule has 1 heterocycles. The van der Waals surface area contributed by atoms with E-state index in [1.807, 2.05) is 0 Å². The fourth-order valence-corrected chi connectivity index (χ4v) is 1.44. The first-order valence-corrected chi connectivity index (χ1v) is 5.06.